The number of hydrogen-bond acceptors (Lipinski definition) is 1. The lowest BCUT2D eigenvalue weighted by Gasteiger charge is -2.31. The molecule has 16 heavy (non-hydrogen) atoms. The van der Waals surface area contributed by atoms with Gasteiger partial charge in [-0.1, -0.05) is 0 Å². The second-order valence-electron chi connectivity index (χ2n) is 5.05. The maximum absolute atomic E-state index is 13.6. The van der Waals surface area contributed by atoms with Crippen LogP contribution in [-0.2, 0) is 5.41 Å². The van der Waals surface area contributed by atoms with E-state index in [2.05, 4.69) is 0 Å². The molecule has 0 amide bonds. The highest BCUT2D eigenvalue weighted by Crippen LogP contribution is 2.55. The van der Waals surface area contributed by atoms with Crippen LogP contribution < -0.4 is 5.73 Å². The molecule has 0 spiro atoms. The van der Waals surface area contributed by atoms with E-state index in [4.69, 9.17) is 5.73 Å². The van der Waals surface area contributed by atoms with Crippen LogP contribution in [0.15, 0.2) is 12.1 Å². The third-order valence-corrected chi connectivity index (χ3v) is 3.51. The molecule has 1 aliphatic rings. The summed E-state index contributed by atoms with van der Waals surface area (Å²) in [5.74, 6) is -2.89. The van der Waals surface area contributed by atoms with Crippen LogP contribution >= 0.6 is 0 Å². The number of benzene rings is 1. The predicted molar refractivity (Wildman–Crippen MR) is 55.5 cm³/mol. The van der Waals surface area contributed by atoms with Crippen molar-refractivity contribution in [1.29, 1.82) is 0 Å². The Kier molecular flexibility index (Phi) is 2.31. The zero-order chi connectivity index (χ0) is 12.1. The maximum Gasteiger partial charge on any atom is 0.161 e. The summed E-state index contributed by atoms with van der Waals surface area (Å²) >= 11 is 0. The lowest BCUT2D eigenvalue weighted by molar-refractivity contribution is 0.373. The highest BCUT2D eigenvalue weighted by Gasteiger charge is 2.55. The van der Waals surface area contributed by atoms with Gasteiger partial charge in [-0.25, -0.2) is 13.2 Å². The molecule has 2 rings (SSSR count). The van der Waals surface area contributed by atoms with Crippen molar-refractivity contribution in [2.45, 2.75) is 37.6 Å². The van der Waals surface area contributed by atoms with Crippen LogP contribution in [0.5, 0.6) is 0 Å². The Morgan fingerprint density at radius 3 is 2.00 bits per heavy atom. The highest BCUT2D eigenvalue weighted by molar-refractivity contribution is 5.38. The predicted octanol–water partition coefficient (Wildman–Crippen LogP) is 2.87. The Morgan fingerprint density at radius 2 is 1.56 bits per heavy atom. The number of nitrogens with two attached hydrogens (primary N) is 1. The van der Waals surface area contributed by atoms with Crippen LogP contribution in [0.2, 0.25) is 0 Å². The van der Waals surface area contributed by atoms with Crippen molar-refractivity contribution in [2.75, 3.05) is 0 Å². The van der Waals surface area contributed by atoms with E-state index >= 15 is 0 Å². The molecule has 0 atom stereocenters. The fourth-order valence-electron chi connectivity index (χ4n) is 2.28. The third-order valence-electron chi connectivity index (χ3n) is 3.51. The normalized spacial score (nSPS) is 18.6. The molecule has 0 radical (unpaired) electrons. The monoisotopic (exact) mass is 229 g/mol. The summed E-state index contributed by atoms with van der Waals surface area (Å²) in [5.41, 5.74) is 4.98. The Labute approximate surface area is 92.5 Å². The molecule has 0 unspecified atom stereocenters. The lowest BCUT2D eigenvalue weighted by atomic mass is 9.79. The average molecular weight is 229 g/mol. The van der Waals surface area contributed by atoms with Crippen molar-refractivity contribution in [3.8, 4) is 0 Å². The summed E-state index contributed by atoms with van der Waals surface area (Å²) in [6, 6.07) is 1.53. The van der Waals surface area contributed by atoms with Gasteiger partial charge in [0, 0.05) is 17.0 Å². The summed E-state index contributed by atoms with van der Waals surface area (Å²) in [6.45, 7) is 3.56. The van der Waals surface area contributed by atoms with E-state index in [0.717, 1.165) is 6.07 Å². The lowest BCUT2D eigenvalue weighted by Crippen LogP contribution is -2.45. The summed E-state index contributed by atoms with van der Waals surface area (Å²) in [5, 5.41) is 0. The number of hydrogen-bond donors (Lipinski definition) is 1. The minimum atomic E-state index is -1.16. The summed E-state index contributed by atoms with van der Waals surface area (Å²) in [6.07, 6.45) is 1.41. The van der Waals surface area contributed by atoms with Crippen LogP contribution in [-0.4, -0.2) is 5.54 Å². The van der Waals surface area contributed by atoms with Crippen molar-refractivity contribution in [3.05, 3.63) is 35.1 Å². The second-order valence-corrected chi connectivity index (χ2v) is 5.05. The number of halogens is 3. The molecular weight excluding hydrogens is 215 g/mol. The van der Waals surface area contributed by atoms with Gasteiger partial charge in [0.2, 0.25) is 0 Å². The van der Waals surface area contributed by atoms with Gasteiger partial charge in [-0.05, 0) is 38.3 Å². The fraction of sp³-hybridized carbons (Fsp3) is 0.500. The van der Waals surface area contributed by atoms with Crippen molar-refractivity contribution in [1.82, 2.24) is 0 Å². The van der Waals surface area contributed by atoms with Crippen LogP contribution in [0.25, 0.3) is 0 Å². The maximum atomic E-state index is 13.6. The Balaban J connectivity index is 2.54. The minimum absolute atomic E-state index is 0.193. The molecule has 0 aromatic heterocycles. The molecule has 1 aliphatic carbocycles. The Hall–Kier alpha value is -1.03. The SMILES string of the molecule is CC(C)(N)C1(c2cc(F)c(F)cc2F)CC1. The van der Waals surface area contributed by atoms with Crippen LogP contribution in [0.1, 0.15) is 32.3 Å². The van der Waals surface area contributed by atoms with Gasteiger partial charge in [0.15, 0.2) is 11.6 Å². The van der Waals surface area contributed by atoms with E-state index < -0.39 is 28.4 Å². The van der Waals surface area contributed by atoms with Crippen LogP contribution in [0, 0.1) is 17.5 Å². The van der Waals surface area contributed by atoms with E-state index in [0.29, 0.717) is 18.9 Å². The third kappa shape index (κ3) is 1.52. The van der Waals surface area contributed by atoms with E-state index in [-0.39, 0.29) is 5.56 Å². The van der Waals surface area contributed by atoms with Gasteiger partial charge < -0.3 is 5.73 Å². The molecule has 1 nitrogen and oxygen atoms in total. The van der Waals surface area contributed by atoms with Gasteiger partial charge in [0.05, 0.1) is 0 Å². The van der Waals surface area contributed by atoms with Crippen molar-refractivity contribution in [3.63, 3.8) is 0 Å². The molecule has 4 heteroatoms. The van der Waals surface area contributed by atoms with Crippen molar-refractivity contribution >= 4 is 0 Å². The topological polar surface area (TPSA) is 26.0 Å². The van der Waals surface area contributed by atoms with E-state index in [1.807, 2.05) is 0 Å². The number of rotatable bonds is 2. The molecule has 1 aromatic rings. The first-order chi connectivity index (χ1) is 7.28. The summed E-state index contributed by atoms with van der Waals surface area (Å²) < 4.78 is 39.6. The highest BCUT2D eigenvalue weighted by atomic mass is 19.2. The standard InChI is InChI=1S/C12H14F3N/c1-11(2,16)12(3-4-12)7-5-9(14)10(15)6-8(7)13/h5-6H,3-4,16H2,1-2H3. The molecule has 0 aliphatic heterocycles. The zero-order valence-electron chi connectivity index (χ0n) is 9.28. The Bertz CT molecular complexity index is 431. The van der Waals surface area contributed by atoms with Gasteiger partial charge in [0.25, 0.3) is 0 Å². The van der Waals surface area contributed by atoms with Crippen LogP contribution in [0.4, 0.5) is 13.2 Å². The Morgan fingerprint density at radius 1 is 1.06 bits per heavy atom. The minimum Gasteiger partial charge on any atom is -0.325 e. The molecule has 0 bridgehead atoms. The largest absolute Gasteiger partial charge is 0.325 e. The summed E-state index contributed by atoms with van der Waals surface area (Å²) in [4.78, 5) is 0. The van der Waals surface area contributed by atoms with Gasteiger partial charge in [-0.3, -0.25) is 0 Å². The van der Waals surface area contributed by atoms with Crippen molar-refractivity contribution < 1.29 is 13.2 Å². The van der Waals surface area contributed by atoms with E-state index in [1.54, 1.807) is 13.8 Å². The molecule has 0 saturated heterocycles. The quantitative estimate of drug-likeness (QED) is 0.775. The van der Waals surface area contributed by atoms with Gasteiger partial charge in [0.1, 0.15) is 5.82 Å². The molecule has 2 N–H and O–H groups in total. The first-order valence-electron chi connectivity index (χ1n) is 5.22. The second kappa shape index (κ2) is 3.23. The van der Waals surface area contributed by atoms with Gasteiger partial charge in [-0.2, -0.15) is 0 Å². The van der Waals surface area contributed by atoms with Crippen molar-refractivity contribution in [2.24, 2.45) is 5.73 Å². The average Bonchev–Trinajstić information content (AvgIpc) is 2.90. The van der Waals surface area contributed by atoms with E-state index in [1.165, 1.54) is 0 Å². The van der Waals surface area contributed by atoms with Crippen LogP contribution in [0.3, 0.4) is 0 Å². The molecule has 1 aromatic carbocycles. The molecule has 88 valence electrons. The molecule has 0 heterocycles. The molecule has 1 saturated carbocycles. The van der Waals surface area contributed by atoms with E-state index in [9.17, 15) is 13.2 Å². The van der Waals surface area contributed by atoms with Gasteiger partial charge in [-0.15, -0.1) is 0 Å². The smallest absolute Gasteiger partial charge is 0.161 e. The first-order valence-corrected chi connectivity index (χ1v) is 5.22. The molecule has 1 fully saturated rings. The van der Waals surface area contributed by atoms with Gasteiger partial charge >= 0.3 is 0 Å². The molecular formula is C12H14F3N. The fourth-order valence-corrected chi connectivity index (χ4v) is 2.28. The zero-order valence-corrected chi connectivity index (χ0v) is 9.28. The first kappa shape index (κ1) is 11.5. The summed E-state index contributed by atoms with van der Waals surface area (Å²) in [7, 11) is 0.